The zero-order valence-corrected chi connectivity index (χ0v) is 17.8. The Morgan fingerprint density at radius 2 is 2.00 bits per heavy atom. The number of alkyl halides is 1. The van der Waals surface area contributed by atoms with E-state index in [1.54, 1.807) is 0 Å². The molecule has 0 saturated carbocycles. The summed E-state index contributed by atoms with van der Waals surface area (Å²) >= 11 is 0. The Morgan fingerprint density at radius 3 is 2.52 bits per heavy atom. The molecule has 2 atom stereocenters. The number of nitrogens with two attached hydrogens (primary N) is 1. The van der Waals surface area contributed by atoms with Crippen molar-refractivity contribution in [1.82, 2.24) is 10.6 Å². The topological polar surface area (TPSA) is 111 Å². The number of imide groups is 1. The summed E-state index contributed by atoms with van der Waals surface area (Å²) in [6.45, 7) is 4.00. The summed E-state index contributed by atoms with van der Waals surface area (Å²) in [7, 11) is 2.87. The molecule has 7 nitrogen and oxygen atoms in total. The van der Waals surface area contributed by atoms with Gasteiger partial charge in [-0.05, 0) is 13.5 Å². The van der Waals surface area contributed by atoms with Gasteiger partial charge in [-0.25, -0.2) is 0 Å². The van der Waals surface area contributed by atoms with Crippen molar-refractivity contribution in [2.24, 2.45) is 5.73 Å². The standard InChI is InChI=1S/C13H14FN2O4.C2H6.CH5N.W/c1-20-9-5-7(4-8(14)6-9)12(18)15-10-2-3-11(17)16-13(10)19;2*1-2;/h4,8,10H,2-3,6H2,1H3,(H,15,18)(H,16,17,19);1-2H3;2H2,1H3;/q-1;;;. The molecule has 1 fully saturated rings. The van der Waals surface area contributed by atoms with Crippen LogP contribution in [0.4, 0.5) is 4.39 Å². The van der Waals surface area contributed by atoms with Gasteiger partial charge in [0.2, 0.25) is 11.8 Å². The fourth-order valence-corrected chi connectivity index (χ4v) is 1.99. The van der Waals surface area contributed by atoms with E-state index in [1.807, 2.05) is 13.8 Å². The largest absolute Gasteiger partial charge is 0.514 e. The van der Waals surface area contributed by atoms with Crippen LogP contribution in [0.2, 0.25) is 0 Å². The number of allylic oxidation sites excluding steroid dienone is 2. The van der Waals surface area contributed by atoms with Gasteiger partial charge in [0.15, 0.2) is 0 Å². The molecule has 0 spiro atoms. The molecule has 4 N–H and O–H groups in total. The number of carbonyl (C=O) groups excluding carboxylic acids is 3. The van der Waals surface area contributed by atoms with Gasteiger partial charge in [0, 0.05) is 39.7 Å². The number of halogens is 1. The van der Waals surface area contributed by atoms with Gasteiger partial charge in [0.25, 0.3) is 0 Å². The average Bonchev–Trinajstić information content (AvgIpc) is 2.60. The predicted molar refractivity (Wildman–Crippen MR) is 87.1 cm³/mol. The minimum Gasteiger partial charge on any atom is -0.514 e. The number of ether oxygens (including phenoxy) is 1. The first-order valence-corrected chi connectivity index (χ1v) is 7.74. The number of methoxy groups -OCH3 is 1. The second-order valence-corrected chi connectivity index (χ2v) is 4.53. The molecule has 3 amide bonds. The zero-order valence-electron chi connectivity index (χ0n) is 14.8. The summed E-state index contributed by atoms with van der Waals surface area (Å²) in [6, 6.07) is -0.797. The molecule has 1 aliphatic heterocycles. The Bertz CT molecular complexity index is 524. The number of rotatable bonds is 3. The third-order valence-electron chi connectivity index (χ3n) is 3.04. The molecule has 2 unspecified atom stereocenters. The van der Waals surface area contributed by atoms with Crippen LogP contribution in [0, 0.1) is 6.08 Å². The van der Waals surface area contributed by atoms with Crippen LogP contribution in [0.15, 0.2) is 17.4 Å². The first-order chi connectivity index (χ1) is 11.5. The van der Waals surface area contributed by atoms with Gasteiger partial charge >= 0.3 is 0 Å². The Labute approximate surface area is 161 Å². The molecule has 9 heteroatoms. The molecular formula is C16H25FN3O4W-. The molecule has 0 aromatic rings. The van der Waals surface area contributed by atoms with E-state index in [4.69, 9.17) is 4.74 Å². The molecule has 0 aromatic carbocycles. The summed E-state index contributed by atoms with van der Waals surface area (Å²) in [5, 5.41) is 4.58. The van der Waals surface area contributed by atoms with E-state index in [9.17, 15) is 18.8 Å². The van der Waals surface area contributed by atoms with Crippen LogP contribution in [0.25, 0.3) is 0 Å². The van der Waals surface area contributed by atoms with Gasteiger partial charge in [0.1, 0.15) is 5.91 Å². The van der Waals surface area contributed by atoms with Crippen LogP contribution in [0.3, 0.4) is 0 Å². The molecule has 142 valence electrons. The zero-order chi connectivity index (χ0) is 18.7. The average molecular weight is 526 g/mol. The second-order valence-electron chi connectivity index (χ2n) is 4.53. The van der Waals surface area contributed by atoms with E-state index >= 15 is 0 Å². The van der Waals surface area contributed by atoms with E-state index in [0.717, 1.165) is 6.08 Å². The summed E-state index contributed by atoms with van der Waals surface area (Å²) < 4.78 is 18.3. The summed E-state index contributed by atoms with van der Waals surface area (Å²) in [4.78, 5) is 34.5. The van der Waals surface area contributed by atoms with Crippen LogP contribution in [-0.4, -0.2) is 44.1 Å². The quantitative estimate of drug-likeness (QED) is 0.367. The van der Waals surface area contributed by atoms with Crippen LogP contribution in [-0.2, 0) is 40.2 Å². The fourth-order valence-electron chi connectivity index (χ4n) is 1.99. The van der Waals surface area contributed by atoms with Gasteiger partial charge in [-0.15, -0.1) is 17.7 Å². The van der Waals surface area contributed by atoms with E-state index in [0.29, 0.717) is 0 Å². The van der Waals surface area contributed by atoms with Crippen molar-refractivity contribution < 1.29 is 44.6 Å². The monoisotopic (exact) mass is 526 g/mol. The predicted octanol–water partition coefficient (Wildman–Crippen LogP) is 0.508. The molecule has 0 radical (unpaired) electrons. The third-order valence-corrected chi connectivity index (χ3v) is 3.04. The van der Waals surface area contributed by atoms with Crippen molar-refractivity contribution >= 4 is 17.7 Å². The molecule has 1 aliphatic carbocycles. The van der Waals surface area contributed by atoms with Gasteiger partial charge in [-0.2, -0.15) is 0 Å². The van der Waals surface area contributed by atoms with Crippen molar-refractivity contribution in [1.29, 1.82) is 0 Å². The molecule has 0 bridgehead atoms. The first kappa shape index (κ1) is 25.7. The molecule has 2 rings (SSSR count). The molecule has 1 saturated heterocycles. The summed E-state index contributed by atoms with van der Waals surface area (Å²) in [5.41, 5.74) is 4.49. The molecule has 25 heavy (non-hydrogen) atoms. The number of hydrogen-bond donors (Lipinski definition) is 3. The van der Waals surface area contributed by atoms with Gasteiger partial charge in [-0.1, -0.05) is 13.8 Å². The number of amides is 3. The van der Waals surface area contributed by atoms with Crippen LogP contribution >= 0.6 is 0 Å². The Morgan fingerprint density at radius 1 is 1.40 bits per heavy atom. The maximum Gasteiger partial charge on any atom is 0.248 e. The maximum atomic E-state index is 13.4. The number of nitrogens with one attached hydrogen (secondary N) is 2. The molecular weight excluding hydrogens is 501 g/mol. The van der Waals surface area contributed by atoms with E-state index in [1.165, 1.54) is 14.2 Å². The van der Waals surface area contributed by atoms with Crippen LogP contribution in [0.5, 0.6) is 0 Å². The van der Waals surface area contributed by atoms with E-state index < -0.39 is 24.0 Å². The van der Waals surface area contributed by atoms with Gasteiger partial charge < -0.3 is 20.6 Å². The van der Waals surface area contributed by atoms with E-state index in [2.05, 4.69) is 22.4 Å². The molecule has 1 heterocycles. The van der Waals surface area contributed by atoms with Crippen LogP contribution in [0.1, 0.15) is 33.1 Å². The summed E-state index contributed by atoms with van der Waals surface area (Å²) in [6.07, 6.45) is 2.87. The minimum atomic E-state index is -1.33. The minimum absolute atomic E-state index is 0. The third kappa shape index (κ3) is 8.40. The molecule has 0 aromatic heterocycles. The van der Waals surface area contributed by atoms with Crippen molar-refractivity contribution in [3.8, 4) is 0 Å². The Hall–Kier alpha value is -1.53. The number of piperidine rings is 1. The first-order valence-electron chi connectivity index (χ1n) is 7.74. The second kappa shape index (κ2) is 13.7. The fraction of sp³-hybridized carbons (Fsp3) is 0.562. The molecule has 2 aliphatic rings. The maximum absolute atomic E-state index is 13.4. The van der Waals surface area contributed by atoms with Gasteiger partial charge in [0.05, 0.1) is 19.3 Å². The number of hydrogen-bond acceptors (Lipinski definition) is 5. The van der Waals surface area contributed by atoms with Crippen molar-refractivity contribution in [3.63, 3.8) is 0 Å². The van der Waals surface area contributed by atoms with Crippen molar-refractivity contribution in [2.45, 2.75) is 45.3 Å². The van der Waals surface area contributed by atoms with Crippen molar-refractivity contribution in [3.05, 3.63) is 23.5 Å². The smallest absolute Gasteiger partial charge is 0.248 e. The SMILES string of the molecule is CC.CN.COC1=[C-]C(C(=O)NC2CCC(=O)NC2=O)=CC(F)C1.[W]. The Balaban J connectivity index is 0. The van der Waals surface area contributed by atoms with Crippen molar-refractivity contribution in [2.75, 3.05) is 14.2 Å². The van der Waals surface area contributed by atoms with E-state index in [-0.39, 0.29) is 57.6 Å². The van der Waals surface area contributed by atoms with Gasteiger partial charge in [-0.3, -0.25) is 19.3 Å². The Kier molecular flexibility index (Phi) is 14.1. The number of carbonyl (C=O) groups is 3. The van der Waals surface area contributed by atoms with Crippen LogP contribution < -0.4 is 16.4 Å². The normalized spacial score (nSPS) is 21.5. The summed E-state index contributed by atoms with van der Waals surface area (Å²) in [5.74, 6) is -1.29.